The van der Waals surface area contributed by atoms with Gasteiger partial charge in [-0.1, -0.05) is 138 Å². The van der Waals surface area contributed by atoms with Crippen molar-refractivity contribution in [3.63, 3.8) is 0 Å². The van der Waals surface area contributed by atoms with Crippen LogP contribution in [-0.4, -0.2) is 60.3 Å². The van der Waals surface area contributed by atoms with Crippen LogP contribution in [0.3, 0.4) is 0 Å². The number of rotatable bonds is 4. The lowest BCUT2D eigenvalue weighted by molar-refractivity contribution is 0.00578. The quantitative estimate of drug-likeness (QED) is 0.148. The Balaban J connectivity index is 0. The van der Waals surface area contributed by atoms with Gasteiger partial charge in [0, 0.05) is 10.5 Å². The second-order valence-electron chi connectivity index (χ2n) is 16.7. The lowest BCUT2D eigenvalue weighted by atomic mass is 9.78. The number of allylic oxidation sites excluding steroid dienone is 1. The average molecular weight is 886 g/mol. The third kappa shape index (κ3) is 16.7. The van der Waals surface area contributed by atoms with Gasteiger partial charge in [-0.2, -0.15) is 0 Å². The van der Waals surface area contributed by atoms with Crippen LogP contribution in [-0.2, 0) is 27.9 Å². The Morgan fingerprint density at radius 2 is 0.800 bits per heavy atom. The molecule has 0 atom stereocenters. The molecule has 0 bridgehead atoms. The summed E-state index contributed by atoms with van der Waals surface area (Å²) in [6, 6.07) is 30.0. The average Bonchev–Trinajstić information content (AvgIpc) is 3.58. The zero-order valence-electron chi connectivity index (χ0n) is 35.3. The highest BCUT2D eigenvalue weighted by Gasteiger charge is 2.53. The second-order valence-corrected chi connectivity index (χ2v) is 18.0. The molecule has 332 valence electrons. The van der Waals surface area contributed by atoms with E-state index in [-0.39, 0.29) is 75.8 Å². The van der Waals surface area contributed by atoms with Crippen LogP contribution in [0.4, 0.5) is 0 Å². The van der Waals surface area contributed by atoms with E-state index in [0.29, 0.717) is 4.93 Å². The molecule has 0 radical (unpaired) electrons. The van der Waals surface area contributed by atoms with Crippen LogP contribution in [0, 0.1) is 11.7 Å². The number of hydrogen-bond acceptors (Lipinski definition) is 6. The lowest BCUT2D eigenvalue weighted by Crippen LogP contribution is -2.41. The van der Waals surface area contributed by atoms with Crippen molar-refractivity contribution in [2.24, 2.45) is 0 Å². The van der Waals surface area contributed by atoms with Crippen molar-refractivity contribution in [1.82, 2.24) is 0 Å². The molecule has 6 rings (SSSR count). The van der Waals surface area contributed by atoms with Crippen molar-refractivity contribution >= 4 is 68.3 Å². The molecule has 3 fully saturated rings. The Morgan fingerprint density at radius 3 is 1.17 bits per heavy atom. The van der Waals surface area contributed by atoms with E-state index in [9.17, 15) is 0 Å². The number of halogens is 3. The van der Waals surface area contributed by atoms with E-state index in [1.165, 1.54) is 5.56 Å². The smallest absolute Gasteiger partial charge is 0.400 e. The van der Waals surface area contributed by atoms with Gasteiger partial charge in [-0.25, -0.2) is 0 Å². The van der Waals surface area contributed by atoms with Gasteiger partial charge in [0.1, 0.15) is 0 Å². The summed E-state index contributed by atoms with van der Waals surface area (Å²) in [4.78, 5) is 0.569. The Bertz CT molecular complexity index is 1670. The van der Waals surface area contributed by atoms with Crippen LogP contribution in [0.5, 0.6) is 0 Å². The van der Waals surface area contributed by atoms with E-state index in [1.807, 2.05) is 140 Å². The Kier molecular flexibility index (Phi) is 24.8. The topological polar surface area (TPSA) is 55.4 Å². The minimum atomic E-state index is -0.489. The van der Waals surface area contributed by atoms with Gasteiger partial charge in [0.2, 0.25) is 0 Å². The fourth-order valence-corrected chi connectivity index (χ4v) is 5.42. The SMILES string of the molecule is C.C.C.C.C/C(=C/c1ccccc1)B1OC(C)(C)C(C)(C)O1.CC1(C)OB(/C(Cl)=C\c2ccccc2)OC1(C)C.CC1(C)OB(C#Cc2ccccc2)OC1(C)C.ClCCl. The van der Waals surface area contributed by atoms with Crippen molar-refractivity contribution < 1.29 is 27.9 Å². The first-order chi connectivity index (χ1) is 26.0. The Labute approximate surface area is 382 Å². The van der Waals surface area contributed by atoms with E-state index in [2.05, 4.69) is 64.6 Å². The third-order valence-electron chi connectivity index (χ3n) is 10.8. The molecule has 0 aliphatic carbocycles. The standard InChI is InChI=1S/C15H21BO2.C14H18BClO2.C14H17BO2.CH2Cl2.4CH4/c1-12(11-13-9-7-6-8-10-13)16-17-14(2,3)15(4,5)18-16;1-13(2)14(3,4)18-15(17-13)12(16)10-11-8-6-5-7-9-11;1-13(2)14(3,4)17-15(16-13)11-10-12-8-6-5-7-9-12;2-1-3;;;;/h6-11H,1-5H3;5-10H,1-4H3;5-9H,1-4H3;1H2;4*1H4/b12-11-;12-10+;;;;;;. The highest BCUT2D eigenvalue weighted by atomic mass is 35.5. The van der Waals surface area contributed by atoms with E-state index in [1.54, 1.807) is 0 Å². The molecule has 3 aliphatic heterocycles. The summed E-state index contributed by atoms with van der Waals surface area (Å²) in [7, 11) is -1.19. The van der Waals surface area contributed by atoms with Gasteiger partial charge >= 0.3 is 21.4 Å². The molecule has 3 saturated heterocycles. The van der Waals surface area contributed by atoms with Crippen molar-refractivity contribution in [2.75, 3.05) is 5.34 Å². The van der Waals surface area contributed by atoms with Gasteiger partial charge in [-0.3, -0.25) is 0 Å². The fourth-order valence-electron chi connectivity index (χ4n) is 5.21. The summed E-state index contributed by atoms with van der Waals surface area (Å²) < 4.78 is 35.3. The molecule has 60 heavy (non-hydrogen) atoms. The van der Waals surface area contributed by atoms with Gasteiger partial charge in [-0.15, -0.1) is 23.2 Å². The van der Waals surface area contributed by atoms with Gasteiger partial charge < -0.3 is 27.9 Å². The minimum Gasteiger partial charge on any atom is -0.400 e. The Hall–Kier alpha value is -2.48. The zero-order valence-corrected chi connectivity index (χ0v) is 37.6. The van der Waals surface area contributed by atoms with Crippen molar-refractivity contribution in [1.29, 1.82) is 0 Å². The lowest BCUT2D eigenvalue weighted by Gasteiger charge is -2.32. The van der Waals surface area contributed by atoms with Gasteiger partial charge in [0.25, 0.3) is 0 Å². The zero-order chi connectivity index (χ0) is 42.0. The van der Waals surface area contributed by atoms with E-state index >= 15 is 0 Å². The first-order valence-corrected chi connectivity index (χ1v) is 20.3. The molecule has 0 unspecified atom stereocenters. The van der Waals surface area contributed by atoms with Crippen LogP contribution >= 0.6 is 34.8 Å². The number of hydrogen-bond donors (Lipinski definition) is 0. The van der Waals surface area contributed by atoms with Crippen LogP contribution in [0.25, 0.3) is 12.2 Å². The number of alkyl halides is 2. The predicted molar refractivity (Wildman–Crippen MR) is 265 cm³/mol. The molecule has 0 spiro atoms. The summed E-state index contributed by atoms with van der Waals surface area (Å²) in [5.41, 5.74) is 2.38. The predicted octanol–water partition coefficient (Wildman–Crippen LogP) is 14.3. The van der Waals surface area contributed by atoms with Crippen LogP contribution in [0.15, 0.2) is 101 Å². The maximum absolute atomic E-state index is 6.29. The van der Waals surface area contributed by atoms with Crippen molar-refractivity contribution in [3.05, 3.63) is 118 Å². The van der Waals surface area contributed by atoms with E-state index in [0.717, 1.165) is 16.6 Å². The summed E-state index contributed by atoms with van der Waals surface area (Å²) in [5, 5.41) is 0.194. The first-order valence-electron chi connectivity index (χ1n) is 18.9. The normalized spacial score (nSPS) is 19.6. The Morgan fingerprint density at radius 1 is 0.500 bits per heavy atom. The van der Waals surface area contributed by atoms with Gasteiger partial charge in [0.15, 0.2) is 0 Å². The molecule has 3 aromatic rings. The third-order valence-corrected chi connectivity index (χ3v) is 11.1. The van der Waals surface area contributed by atoms with Crippen LogP contribution in [0.2, 0.25) is 0 Å². The van der Waals surface area contributed by atoms with Crippen LogP contribution in [0.1, 0.15) is 136 Å². The molecular weight excluding hydrogens is 811 g/mol. The molecule has 12 heteroatoms. The molecule has 3 aromatic carbocycles. The van der Waals surface area contributed by atoms with Crippen molar-refractivity contribution in [2.45, 2.75) is 153 Å². The molecule has 0 aromatic heterocycles. The fraction of sp³-hybridized carbons (Fsp3) is 0.500. The van der Waals surface area contributed by atoms with E-state index < -0.39 is 14.2 Å². The molecule has 0 saturated carbocycles. The monoisotopic (exact) mass is 884 g/mol. The molecule has 3 heterocycles. The first kappa shape index (κ1) is 59.6. The highest BCUT2D eigenvalue weighted by molar-refractivity contribution is 6.71. The summed E-state index contributed by atoms with van der Waals surface area (Å²) in [6.45, 7) is 26.5. The molecule has 6 nitrogen and oxygen atoms in total. The maximum atomic E-state index is 6.29. The minimum absolute atomic E-state index is 0. The molecule has 0 N–H and O–H groups in total. The summed E-state index contributed by atoms with van der Waals surface area (Å²) in [5.74, 6) is 6.08. The van der Waals surface area contributed by atoms with Gasteiger partial charge in [0.05, 0.1) is 38.9 Å². The molecule has 0 amide bonds. The molecular formula is C48H74B3Cl3O6. The van der Waals surface area contributed by atoms with Crippen molar-refractivity contribution in [3.8, 4) is 11.7 Å². The highest BCUT2D eigenvalue weighted by Crippen LogP contribution is 2.40. The summed E-state index contributed by atoms with van der Waals surface area (Å²) >= 11 is 15.8. The number of benzene rings is 3. The van der Waals surface area contributed by atoms with Gasteiger partial charge in [-0.05, 0) is 125 Å². The van der Waals surface area contributed by atoms with Crippen LogP contribution < -0.4 is 0 Å². The molecule has 3 aliphatic rings. The maximum Gasteiger partial charge on any atom is 0.551 e. The summed E-state index contributed by atoms with van der Waals surface area (Å²) in [6.07, 6.45) is 3.99. The largest absolute Gasteiger partial charge is 0.551 e. The second kappa shape index (κ2) is 25.0. The van der Waals surface area contributed by atoms with E-state index in [4.69, 9.17) is 62.7 Å².